The number of amides is 1. The minimum absolute atomic E-state index is 0.0708. The van der Waals surface area contributed by atoms with Crippen molar-refractivity contribution in [3.63, 3.8) is 0 Å². The van der Waals surface area contributed by atoms with Crippen LogP contribution in [-0.4, -0.2) is 37.3 Å². The minimum atomic E-state index is -1.07. The van der Waals surface area contributed by atoms with Crippen LogP contribution in [0.25, 0.3) is 0 Å². The number of hydrogen-bond donors (Lipinski definition) is 2. The molecule has 0 aromatic heterocycles. The molecule has 148 valence electrons. The van der Waals surface area contributed by atoms with Crippen LogP contribution in [0, 0.1) is 0 Å². The lowest BCUT2D eigenvalue weighted by atomic mass is 10.1. The summed E-state index contributed by atoms with van der Waals surface area (Å²) in [6.45, 7) is 1.52. The molecule has 1 amide bonds. The Labute approximate surface area is 163 Å². The fraction of sp³-hybridized carbons (Fsp3) is 0.333. The molecule has 0 unspecified atom stereocenters. The van der Waals surface area contributed by atoms with Gasteiger partial charge in [-0.2, -0.15) is 0 Å². The second-order valence-corrected chi connectivity index (χ2v) is 6.45. The molecule has 0 atom stereocenters. The fourth-order valence-electron chi connectivity index (χ4n) is 2.94. The van der Waals surface area contributed by atoms with Gasteiger partial charge in [-0.1, -0.05) is 12.1 Å². The maximum atomic E-state index is 12.2. The van der Waals surface area contributed by atoms with Crippen molar-refractivity contribution in [1.82, 2.24) is 5.32 Å². The maximum absolute atomic E-state index is 12.2. The van der Waals surface area contributed by atoms with E-state index in [0.29, 0.717) is 31.6 Å². The number of benzene rings is 2. The van der Waals surface area contributed by atoms with Crippen LogP contribution in [0.4, 0.5) is 0 Å². The summed E-state index contributed by atoms with van der Waals surface area (Å²) in [7, 11) is 1.42. The van der Waals surface area contributed by atoms with Gasteiger partial charge in [-0.05, 0) is 41.8 Å². The first kappa shape index (κ1) is 19.5. The zero-order valence-corrected chi connectivity index (χ0v) is 15.7. The molecular weight excluding hydrogens is 362 g/mol. The molecule has 0 bridgehead atoms. The van der Waals surface area contributed by atoms with Crippen molar-refractivity contribution in [1.29, 1.82) is 0 Å². The third kappa shape index (κ3) is 4.94. The lowest BCUT2D eigenvalue weighted by Gasteiger charge is -2.10. The second kappa shape index (κ2) is 9.12. The van der Waals surface area contributed by atoms with Crippen molar-refractivity contribution in [2.45, 2.75) is 25.8 Å². The largest absolute Gasteiger partial charge is 0.496 e. The zero-order chi connectivity index (χ0) is 19.9. The normalized spacial score (nSPS) is 12.8. The molecule has 0 radical (unpaired) electrons. The Balaban J connectivity index is 1.53. The average Bonchev–Trinajstić information content (AvgIpc) is 2.95. The molecule has 3 rings (SSSR count). The van der Waals surface area contributed by atoms with Crippen LogP contribution in [0.1, 0.15) is 34.3 Å². The number of fused-ring (bicyclic) bond motifs is 1. The third-order valence-electron chi connectivity index (χ3n) is 4.44. The van der Waals surface area contributed by atoms with Crippen LogP contribution in [0.15, 0.2) is 36.4 Å². The highest BCUT2D eigenvalue weighted by atomic mass is 16.5. The van der Waals surface area contributed by atoms with Gasteiger partial charge >= 0.3 is 5.97 Å². The minimum Gasteiger partial charge on any atom is -0.496 e. The molecule has 0 aliphatic carbocycles. The summed E-state index contributed by atoms with van der Waals surface area (Å²) >= 11 is 0. The first-order chi connectivity index (χ1) is 13.6. The predicted octanol–water partition coefficient (Wildman–Crippen LogP) is 2.80. The predicted molar refractivity (Wildman–Crippen MR) is 102 cm³/mol. The van der Waals surface area contributed by atoms with Crippen molar-refractivity contribution >= 4 is 11.9 Å². The van der Waals surface area contributed by atoms with E-state index in [2.05, 4.69) is 5.32 Å². The molecule has 0 saturated heterocycles. The van der Waals surface area contributed by atoms with Crippen molar-refractivity contribution < 1.29 is 28.9 Å². The van der Waals surface area contributed by atoms with E-state index in [9.17, 15) is 14.7 Å². The number of rotatable bonds is 7. The number of carboxylic acids is 1. The van der Waals surface area contributed by atoms with E-state index in [0.717, 1.165) is 23.5 Å². The number of nitrogens with one attached hydrogen (secondary N) is 1. The fourth-order valence-corrected chi connectivity index (χ4v) is 2.94. The first-order valence-corrected chi connectivity index (χ1v) is 9.12. The molecule has 28 heavy (non-hydrogen) atoms. The van der Waals surface area contributed by atoms with Gasteiger partial charge in [0.15, 0.2) is 11.5 Å². The van der Waals surface area contributed by atoms with E-state index >= 15 is 0 Å². The van der Waals surface area contributed by atoms with Gasteiger partial charge in [0.1, 0.15) is 11.3 Å². The van der Waals surface area contributed by atoms with Crippen molar-refractivity contribution in [3.05, 3.63) is 53.1 Å². The number of carbonyl (C=O) groups is 2. The Kier molecular flexibility index (Phi) is 6.37. The van der Waals surface area contributed by atoms with Crippen LogP contribution in [-0.2, 0) is 17.8 Å². The molecule has 2 aromatic rings. The molecule has 2 aromatic carbocycles. The molecule has 0 fully saturated rings. The Hall–Kier alpha value is -3.22. The second-order valence-electron chi connectivity index (χ2n) is 6.45. The standard InChI is InChI=1S/C21H23NO6/c1-26-17-6-4-15(11-16(17)21(24)25)13-22-20(23)8-5-14-3-7-18-19(12-14)28-10-2-9-27-18/h3-4,6-7,11-12H,2,5,8-10,13H2,1H3,(H,22,23)(H,24,25). The Morgan fingerprint density at radius 2 is 1.82 bits per heavy atom. The maximum Gasteiger partial charge on any atom is 0.339 e. The van der Waals surface area contributed by atoms with Gasteiger partial charge in [0.2, 0.25) is 5.91 Å². The highest BCUT2D eigenvalue weighted by molar-refractivity contribution is 5.91. The first-order valence-electron chi connectivity index (χ1n) is 9.12. The number of methoxy groups -OCH3 is 1. The molecular formula is C21H23NO6. The molecule has 1 heterocycles. The van der Waals surface area contributed by atoms with Crippen molar-refractivity contribution in [2.75, 3.05) is 20.3 Å². The van der Waals surface area contributed by atoms with E-state index < -0.39 is 5.97 Å². The molecule has 0 spiro atoms. The van der Waals surface area contributed by atoms with Gasteiger partial charge in [0.05, 0.1) is 20.3 Å². The van der Waals surface area contributed by atoms with Crippen LogP contribution in [0.5, 0.6) is 17.2 Å². The summed E-state index contributed by atoms with van der Waals surface area (Å²) < 4.78 is 16.3. The molecule has 1 aliphatic rings. The number of aryl methyl sites for hydroxylation is 1. The van der Waals surface area contributed by atoms with E-state index in [1.807, 2.05) is 18.2 Å². The summed E-state index contributed by atoms with van der Waals surface area (Å²) in [5.41, 5.74) is 1.76. The van der Waals surface area contributed by atoms with Crippen molar-refractivity contribution in [2.24, 2.45) is 0 Å². The smallest absolute Gasteiger partial charge is 0.339 e. The number of hydrogen-bond acceptors (Lipinski definition) is 5. The number of carboxylic acid groups (broad SMARTS) is 1. The van der Waals surface area contributed by atoms with E-state index in [1.54, 1.807) is 12.1 Å². The molecule has 7 nitrogen and oxygen atoms in total. The van der Waals surface area contributed by atoms with Crippen LogP contribution in [0.2, 0.25) is 0 Å². The monoisotopic (exact) mass is 385 g/mol. The van der Waals surface area contributed by atoms with Crippen molar-refractivity contribution in [3.8, 4) is 17.2 Å². The molecule has 1 aliphatic heterocycles. The molecule has 2 N–H and O–H groups in total. The average molecular weight is 385 g/mol. The highest BCUT2D eigenvalue weighted by Crippen LogP contribution is 2.30. The Bertz CT molecular complexity index is 864. The van der Waals surface area contributed by atoms with Crippen LogP contribution < -0.4 is 19.5 Å². The number of aromatic carboxylic acids is 1. The lowest BCUT2D eigenvalue weighted by Crippen LogP contribution is -2.23. The summed E-state index contributed by atoms with van der Waals surface area (Å²) in [5, 5.41) is 12.0. The molecule has 0 saturated carbocycles. The van der Waals surface area contributed by atoms with Gasteiger partial charge in [-0.15, -0.1) is 0 Å². The Morgan fingerprint density at radius 1 is 1.07 bits per heavy atom. The van der Waals surface area contributed by atoms with E-state index in [4.69, 9.17) is 14.2 Å². The SMILES string of the molecule is COc1ccc(CNC(=O)CCc2ccc3c(c2)OCCCO3)cc1C(=O)O. The molecule has 7 heteroatoms. The van der Waals surface area contributed by atoms with Crippen LogP contribution in [0.3, 0.4) is 0 Å². The summed E-state index contributed by atoms with van der Waals surface area (Å²) in [6, 6.07) is 10.5. The van der Waals surface area contributed by atoms with E-state index in [-0.39, 0.29) is 23.8 Å². The van der Waals surface area contributed by atoms with Gasteiger partial charge in [0, 0.05) is 19.4 Å². The van der Waals surface area contributed by atoms with Crippen LogP contribution >= 0.6 is 0 Å². The van der Waals surface area contributed by atoms with Gasteiger partial charge < -0.3 is 24.6 Å². The Morgan fingerprint density at radius 3 is 2.57 bits per heavy atom. The number of carbonyl (C=O) groups excluding carboxylic acids is 1. The van der Waals surface area contributed by atoms with Gasteiger partial charge in [-0.25, -0.2) is 4.79 Å². The quantitative estimate of drug-likeness (QED) is 0.761. The van der Waals surface area contributed by atoms with E-state index in [1.165, 1.54) is 13.2 Å². The summed E-state index contributed by atoms with van der Waals surface area (Å²) in [4.78, 5) is 23.4. The lowest BCUT2D eigenvalue weighted by molar-refractivity contribution is -0.121. The third-order valence-corrected chi connectivity index (χ3v) is 4.44. The topological polar surface area (TPSA) is 94.1 Å². The number of ether oxygens (including phenoxy) is 3. The van der Waals surface area contributed by atoms with Gasteiger partial charge in [-0.3, -0.25) is 4.79 Å². The summed E-state index contributed by atoms with van der Waals surface area (Å²) in [6.07, 6.45) is 1.74. The zero-order valence-electron chi connectivity index (χ0n) is 15.7. The van der Waals surface area contributed by atoms with Gasteiger partial charge in [0.25, 0.3) is 0 Å². The summed E-state index contributed by atoms with van der Waals surface area (Å²) in [5.74, 6) is 0.561. The highest BCUT2D eigenvalue weighted by Gasteiger charge is 2.13.